The second-order valence-corrected chi connectivity index (χ2v) is 18.2. The summed E-state index contributed by atoms with van der Waals surface area (Å²) in [6.07, 6.45) is 3.79. The largest absolute Gasteiger partial charge is 0.389 e. The second kappa shape index (κ2) is 19.2. The van der Waals surface area contributed by atoms with Crippen LogP contribution in [0, 0.1) is 17.6 Å². The zero-order valence-corrected chi connectivity index (χ0v) is 38.8. The van der Waals surface area contributed by atoms with Crippen LogP contribution in [0.4, 0.5) is 42.3 Å². The number of aliphatic hydroxyl groups excluding tert-OH is 1. The fourth-order valence-corrected chi connectivity index (χ4v) is 10.1. The zero-order valence-electron chi connectivity index (χ0n) is 37.2. The molecule has 8 heterocycles. The van der Waals surface area contributed by atoms with Crippen LogP contribution >= 0.6 is 22.7 Å². The summed E-state index contributed by atoms with van der Waals surface area (Å²) in [5, 5.41) is 24.4. The van der Waals surface area contributed by atoms with E-state index in [-0.39, 0.29) is 29.4 Å². The Labute approximate surface area is 388 Å². The van der Waals surface area contributed by atoms with Gasteiger partial charge in [-0.3, -0.25) is 4.79 Å². The van der Waals surface area contributed by atoms with Gasteiger partial charge < -0.3 is 30.4 Å². The molecule has 3 N–H and O–H groups in total. The maximum atomic E-state index is 13.3. The van der Waals surface area contributed by atoms with E-state index in [4.69, 9.17) is 41.0 Å². The molecule has 10 rings (SSSR count). The van der Waals surface area contributed by atoms with Gasteiger partial charge in [0.25, 0.3) is 0 Å². The Kier molecular flexibility index (Phi) is 13.0. The predicted octanol–water partition coefficient (Wildman–Crippen LogP) is 7.96. The van der Waals surface area contributed by atoms with Gasteiger partial charge in [-0.15, -0.1) is 32.9 Å². The molecule has 2 atom stereocenters. The highest BCUT2D eigenvalue weighted by Crippen LogP contribution is 2.36. The van der Waals surface area contributed by atoms with E-state index >= 15 is 0 Å². The van der Waals surface area contributed by atoms with Gasteiger partial charge in [-0.2, -0.15) is 9.03 Å². The highest BCUT2D eigenvalue weighted by atomic mass is 32.1. The smallest absolute Gasteiger partial charge is 0.191 e. The molecule has 0 amide bonds. The summed E-state index contributed by atoms with van der Waals surface area (Å²) >= 11 is 3.05. The molecule has 0 spiro atoms. The minimum absolute atomic E-state index is 0.116. The van der Waals surface area contributed by atoms with Gasteiger partial charge in [0.15, 0.2) is 39.0 Å². The van der Waals surface area contributed by atoms with Crippen LogP contribution in [0.25, 0.3) is 33.8 Å². The first-order valence-electron chi connectivity index (χ1n) is 22.1. The lowest BCUT2D eigenvalue weighted by Crippen LogP contribution is -2.27. The Morgan fingerprint density at radius 1 is 0.697 bits per heavy atom. The summed E-state index contributed by atoms with van der Waals surface area (Å²) in [5.41, 5.74) is 12.9. The number of aryl methyl sites for hydroxylation is 2. The normalized spacial score (nSPS) is 16.1. The van der Waals surface area contributed by atoms with Gasteiger partial charge in [0, 0.05) is 74.6 Å². The average molecular weight is 932 g/mol. The maximum absolute atomic E-state index is 13.3. The van der Waals surface area contributed by atoms with E-state index in [1.54, 1.807) is 24.3 Å². The number of nitrogens with two attached hydrogens (primary N) is 1. The molecule has 2 aliphatic rings. The van der Waals surface area contributed by atoms with Crippen molar-refractivity contribution in [2.24, 2.45) is 11.7 Å². The van der Waals surface area contributed by atoms with Gasteiger partial charge in [0.05, 0.1) is 22.8 Å². The van der Waals surface area contributed by atoms with E-state index in [9.17, 15) is 13.6 Å². The molecule has 0 radical (unpaired) electrons. The van der Waals surface area contributed by atoms with Crippen LogP contribution in [0.3, 0.4) is 0 Å². The fourth-order valence-electron chi connectivity index (χ4n) is 8.51. The number of thiazole rings is 2. The molecular weight excluding hydrogens is 881 g/mol. The molecule has 6 aromatic heterocycles. The third-order valence-electron chi connectivity index (χ3n) is 12.0. The van der Waals surface area contributed by atoms with Crippen LogP contribution in [0.15, 0.2) is 83.6 Å². The van der Waals surface area contributed by atoms with Crippen molar-refractivity contribution in [1.82, 2.24) is 39.2 Å². The lowest BCUT2D eigenvalue weighted by molar-refractivity contribution is -0.122. The molecule has 15 nitrogen and oxygen atoms in total. The lowest BCUT2D eigenvalue weighted by atomic mass is 10.0. The highest BCUT2D eigenvalue weighted by Gasteiger charge is 2.28. The molecule has 342 valence electrons. The number of benzene rings is 2. The van der Waals surface area contributed by atoms with Crippen molar-refractivity contribution in [3.05, 3.63) is 107 Å². The van der Waals surface area contributed by atoms with Crippen LogP contribution < -0.4 is 25.3 Å². The molecule has 19 heteroatoms. The van der Waals surface area contributed by atoms with Crippen molar-refractivity contribution in [2.45, 2.75) is 52.0 Å². The molecule has 2 aliphatic heterocycles. The number of hydrogen-bond acceptors (Lipinski definition) is 15. The van der Waals surface area contributed by atoms with Crippen LogP contribution in [0.5, 0.6) is 0 Å². The number of ketones is 1. The number of aliphatic hydroxyl groups is 1. The first kappa shape index (κ1) is 44.8. The number of anilines is 6. The highest BCUT2D eigenvalue weighted by molar-refractivity contribution is 7.14. The van der Waals surface area contributed by atoms with E-state index in [1.165, 1.54) is 46.9 Å². The Morgan fingerprint density at radius 2 is 1.17 bits per heavy atom. The standard InChI is InChI=1S/C25H27FN6O2S.C22H24FN7S/c1-3-20-24(30(2)25-28-21(15-35-25)17-4-6-18(26)7-5-17)32-22(27-20)8-9-23(29-32)31-11-10-16(13-31)12-19(34)14-33;1-3-17-21(28(2)22-26-18(13-31-22)14-4-6-15(23)7-5-14)30-19(25-17)8-9-20(27-30)29-11-10-16(24)12-29/h4-9,15-16,33H,3,10-14H2,1-2H3;4-9,13,16H,3,10-12,24H2,1-2H3. The van der Waals surface area contributed by atoms with Gasteiger partial charge in [-0.25, -0.2) is 28.7 Å². The van der Waals surface area contributed by atoms with Crippen molar-refractivity contribution in [1.29, 1.82) is 0 Å². The summed E-state index contributed by atoms with van der Waals surface area (Å²) < 4.78 is 30.3. The molecular formula is C47H51F2N13O2S2. The minimum Gasteiger partial charge on any atom is -0.389 e. The predicted molar refractivity (Wildman–Crippen MR) is 258 cm³/mol. The van der Waals surface area contributed by atoms with Crippen LogP contribution in [-0.4, -0.2) is 103 Å². The Bertz CT molecular complexity index is 2970. The first-order valence-corrected chi connectivity index (χ1v) is 23.8. The minimum atomic E-state index is -0.398. The molecule has 2 saturated heterocycles. The molecule has 2 unspecified atom stereocenters. The molecule has 66 heavy (non-hydrogen) atoms. The van der Waals surface area contributed by atoms with E-state index in [0.717, 1.165) is 131 Å². The molecule has 0 aliphatic carbocycles. The maximum Gasteiger partial charge on any atom is 0.191 e. The van der Waals surface area contributed by atoms with Crippen LogP contribution in [0.2, 0.25) is 0 Å². The summed E-state index contributed by atoms with van der Waals surface area (Å²) in [6, 6.07) is 20.9. The Balaban J connectivity index is 0.000000167. The second-order valence-electron chi connectivity index (χ2n) is 16.6. The molecule has 2 fully saturated rings. The van der Waals surface area contributed by atoms with E-state index in [1.807, 2.05) is 68.0 Å². The van der Waals surface area contributed by atoms with Crippen LogP contribution in [0.1, 0.15) is 44.5 Å². The van der Waals surface area contributed by atoms with Gasteiger partial charge in [-0.1, -0.05) is 13.8 Å². The fraction of sp³-hybridized carbons (Fsp3) is 0.340. The van der Waals surface area contributed by atoms with Gasteiger partial charge in [-0.05, 0) is 104 Å². The van der Waals surface area contributed by atoms with Crippen molar-refractivity contribution >= 4 is 73.3 Å². The summed E-state index contributed by atoms with van der Waals surface area (Å²) in [4.78, 5) is 39.2. The van der Waals surface area contributed by atoms with E-state index in [2.05, 4.69) is 23.6 Å². The summed E-state index contributed by atoms with van der Waals surface area (Å²) in [5.74, 6) is 3.08. The number of halogens is 2. The van der Waals surface area contributed by atoms with Crippen LogP contribution in [-0.2, 0) is 17.6 Å². The third kappa shape index (κ3) is 9.20. The SMILES string of the molecule is CCc1nc2ccc(N3CCC(CC(=O)CO)C3)nn2c1N(C)c1nc(-c2ccc(F)cc2)cs1.CCc1nc2ccc(N3CCC(N)C3)nn2c1N(C)c1nc(-c2ccc(F)cc2)cs1. The Hall–Kier alpha value is -6.41. The number of carbonyl (C=O) groups is 1. The van der Waals surface area contributed by atoms with Crippen molar-refractivity contribution in [2.75, 3.05) is 66.5 Å². The number of Topliss-reactive ketones (excluding diaryl/α,β-unsaturated/α-hetero) is 1. The molecule has 0 bridgehead atoms. The number of aromatic nitrogens is 8. The quantitative estimate of drug-likeness (QED) is 0.115. The number of nitrogens with zero attached hydrogens (tertiary/aromatic N) is 12. The average Bonchev–Trinajstić information content (AvgIpc) is 4.20. The third-order valence-corrected chi connectivity index (χ3v) is 13.8. The number of carbonyl (C=O) groups excluding carboxylic acids is 1. The Morgan fingerprint density at radius 3 is 1.61 bits per heavy atom. The monoisotopic (exact) mass is 931 g/mol. The number of hydrogen-bond donors (Lipinski definition) is 2. The number of imidazole rings is 2. The molecule has 2 aromatic carbocycles. The summed E-state index contributed by atoms with van der Waals surface area (Å²) in [7, 11) is 3.94. The number of fused-ring (bicyclic) bond motifs is 2. The van der Waals surface area contributed by atoms with Crippen molar-refractivity contribution in [3.8, 4) is 22.5 Å². The number of rotatable bonds is 13. The molecule has 8 aromatic rings. The van der Waals surface area contributed by atoms with E-state index < -0.39 is 6.61 Å². The summed E-state index contributed by atoms with van der Waals surface area (Å²) in [6.45, 7) is 7.03. The van der Waals surface area contributed by atoms with Gasteiger partial charge >= 0.3 is 0 Å². The van der Waals surface area contributed by atoms with Crippen molar-refractivity contribution in [3.63, 3.8) is 0 Å². The zero-order chi connectivity index (χ0) is 46.1. The van der Waals surface area contributed by atoms with Crippen molar-refractivity contribution < 1.29 is 18.7 Å². The van der Waals surface area contributed by atoms with Gasteiger partial charge in [0.2, 0.25) is 0 Å². The molecule has 0 saturated carbocycles. The first-order chi connectivity index (χ1) is 32.0. The van der Waals surface area contributed by atoms with E-state index in [0.29, 0.717) is 6.42 Å². The topological polar surface area (TPSA) is 162 Å². The lowest BCUT2D eigenvalue weighted by Gasteiger charge is -2.19. The van der Waals surface area contributed by atoms with Gasteiger partial charge in [0.1, 0.15) is 29.9 Å².